The van der Waals surface area contributed by atoms with Crippen LogP contribution in [0.1, 0.15) is 42.1 Å². The van der Waals surface area contributed by atoms with E-state index in [0.717, 1.165) is 17.5 Å². The van der Waals surface area contributed by atoms with Crippen LogP contribution in [0, 0.1) is 16.7 Å². The van der Waals surface area contributed by atoms with Crippen LogP contribution in [0.2, 0.25) is 0 Å². The summed E-state index contributed by atoms with van der Waals surface area (Å²) in [6.45, 7) is 4.84. The van der Waals surface area contributed by atoms with Gasteiger partial charge in [0.2, 0.25) is 11.8 Å². The van der Waals surface area contributed by atoms with Crippen molar-refractivity contribution in [1.82, 2.24) is 20.1 Å². The summed E-state index contributed by atoms with van der Waals surface area (Å²) >= 11 is 0. The van der Waals surface area contributed by atoms with Crippen molar-refractivity contribution in [3.8, 4) is 11.5 Å². The standard InChI is InChI=1S/C37H45N9O4/c1-5-46(32-13-11-29(38)35(43-32)34(39)27-10-12-30(49-3)31(20-27)50-4)37(48)28-14-17-44(21-28)22-33(47)45-18-15-25(16-19-45)24-6-8-26(9-7-24)36(40)42-23-41-2/h6-13,15,20,23,28,39H,5,14,16-19,21-22,38H2,1-4H3,(H2,40,41,42)/t28-/m1/s1. The molecule has 13 nitrogen and oxygen atoms in total. The number of hydrogen-bond donors (Lipinski definition) is 4. The van der Waals surface area contributed by atoms with Crippen LogP contribution in [0.15, 0.2) is 65.7 Å². The van der Waals surface area contributed by atoms with Crippen molar-refractivity contribution in [3.05, 3.63) is 83.1 Å². The van der Waals surface area contributed by atoms with E-state index >= 15 is 0 Å². The molecule has 3 aromatic rings. The lowest BCUT2D eigenvalue weighted by atomic mass is 9.98. The fourth-order valence-corrected chi connectivity index (χ4v) is 6.26. The predicted molar refractivity (Wildman–Crippen MR) is 197 cm³/mol. The fourth-order valence-electron chi connectivity index (χ4n) is 6.26. The Morgan fingerprint density at radius 1 is 1.06 bits per heavy atom. The van der Waals surface area contributed by atoms with Crippen LogP contribution in [0.3, 0.4) is 0 Å². The van der Waals surface area contributed by atoms with Gasteiger partial charge in [-0.15, -0.1) is 0 Å². The average molecular weight is 680 g/mol. The van der Waals surface area contributed by atoms with Gasteiger partial charge in [-0.1, -0.05) is 30.3 Å². The molecular weight excluding hydrogens is 634 g/mol. The lowest BCUT2D eigenvalue weighted by Gasteiger charge is -2.29. The van der Waals surface area contributed by atoms with Crippen molar-refractivity contribution >= 4 is 46.8 Å². The van der Waals surface area contributed by atoms with Gasteiger partial charge in [-0.2, -0.15) is 0 Å². The molecule has 0 saturated carbocycles. The number of anilines is 2. The monoisotopic (exact) mass is 679 g/mol. The molecule has 13 heteroatoms. The number of hydrogen-bond acceptors (Lipinski definition) is 9. The second kappa shape index (κ2) is 16.2. The Morgan fingerprint density at radius 2 is 1.80 bits per heavy atom. The Morgan fingerprint density at radius 3 is 2.46 bits per heavy atom. The number of nitrogens with two attached hydrogens (primary N) is 1. The maximum atomic E-state index is 13.8. The smallest absolute Gasteiger partial charge is 0.237 e. The van der Waals surface area contributed by atoms with Crippen molar-refractivity contribution in [2.75, 3.05) is 71.2 Å². The van der Waals surface area contributed by atoms with Crippen LogP contribution in [-0.4, -0.2) is 105 Å². The molecule has 5 N–H and O–H groups in total. The minimum atomic E-state index is -0.280. The number of likely N-dealkylation sites (tertiary alicyclic amines) is 1. The van der Waals surface area contributed by atoms with Gasteiger partial charge in [0, 0.05) is 44.4 Å². The molecule has 5 rings (SSSR count). The predicted octanol–water partition coefficient (Wildman–Crippen LogP) is 3.66. The van der Waals surface area contributed by atoms with Gasteiger partial charge >= 0.3 is 0 Å². The van der Waals surface area contributed by atoms with Gasteiger partial charge in [-0.3, -0.25) is 30.2 Å². The number of ether oxygens (including phenoxy) is 2. The lowest BCUT2D eigenvalue weighted by Crippen LogP contribution is -2.42. The van der Waals surface area contributed by atoms with Crippen LogP contribution in [0.25, 0.3) is 5.57 Å². The number of nitrogens with one attached hydrogen (secondary N) is 3. The lowest BCUT2D eigenvalue weighted by molar-refractivity contribution is -0.132. The van der Waals surface area contributed by atoms with E-state index < -0.39 is 0 Å². The molecule has 1 saturated heterocycles. The second-order valence-corrected chi connectivity index (χ2v) is 12.1. The molecule has 0 radical (unpaired) electrons. The highest BCUT2D eigenvalue weighted by atomic mass is 16.5. The van der Waals surface area contributed by atoms with E-state index in [0.29, 0.717) is 67.7 Å². The number of rotatable bonds is 12. The molecule has 2 amide bonds. The van der Waals surface area contributed by atoms with Gasteiger partial charge < -0.3 is 25.4 Å². The topological polar surface area (TPSA) is 173 Å². The van der Waals surface area contributed by atoms with E-state index in [1.807, 2.05) is 36.1 Å². The zero-order valence-corrected chi connectivity index (χ0v) is 29.0. The van der Waals surface area contributed by atoms with Crippen LogP contribution < -0.4 is 25.4 Å². The van der Waals surface area contributed by atoms with E-state index in [4.69, 9.17) is 26.0 Å². The number of aromatic nitrogens is 1. The Labute approximate surface area is 292 Å². The number of nitrogen functional groups attached to an aromatic ring is 1. The number of amides is 2. The number of amidine groups is 1. The van der Waals surface area contributed by atoms with Gasteiger partial charge in [0.1, 0.15) is 11.5 Å². The molecule has 50 heavy (non-hydrogen) atoms. The average Bonchev–Trinajstić information content (AvgIpc) is 3.62. The molecule has 0 unspecified atom stereocenters. The van der Waals surface area contributed by atoms with E-state index in [9.17, 15) is 9.59 Å². The number of aliphatic imine (C=N–C) groups is 1. The first-order valence-electron chi connectivity index (χ1n) is 16.6. The first-order valence-corrected chi connectivity index (χ1v) is 16.6. The summed E-state index contributed by atoms with van der Waals surface area (Å²) < 4.78 is 10.7. The largest absolute Gasteiger partial charge is 0.493 e. The Hall–Kier alpha value is -5.56. The van der Waals surface area contributed by atoms with Crippen LogP contribution >= 0.6 is 0 Å². The maximum absolute atomic E-state index is 13.8. The van der Waals surface area contributed by atoms with E-state index in [1.54, 1.807) is 49.4 Å². The first kappa shape index (κ1) is 35.7. The molecule has 2 aliphatic heterocycles. The fraction of sp³-hybridized carbons (Fsp3) is 0.351. The van der Waals surface area contributed by atoms with E-state index in [1.165, 1.54) is 19.0 Å². The summed E-state index contributed by atoms with van der Waals surface area (Å²) in [6, 6.07) is 16.3. The van der Waals surface area contributed by atoms with Gasteiger partial charge in [-0.05, 0) is 67.8 Å². The second-order valence-electron chi connectivity index (χ2n) is 12.1. The van der Waals surface area contributed by atoms with Crippen LogP contribution in [0.4, 0.5) is 11.5 Å². The third-order valence-corrected chi connectivity index (χ3v) is 9.07. The molecular formula is C37H45N9O4. The molecule has 1 fully saturated rings. The molecule has 1 atom stereocenters. The summed E-state index contributed by atoms with van der Waals surface area (Å²) in [5.74, 6) is 1.34. The minimum absolute atomic E-state index is 0.0467. The number of methoxy groups -OCH3 is 2. The molecule has 2 aliphatic rings. The molecule has 3 heterocycles. The van der Waals surface area contributed by atoms with Crippen LogP contribution in [-0.2, 0) is 9.59 Å². The summed E-state index contributed by atoms with van der Waals surface area (Å²) in [7, 11) is 4.82. The molecule has 1 aromatic heterocycles. The maximum Gasteiger partial charge on any atom is 0.237 e. The van der Waals surface area contributed by atoms with E-state index in [-0.39, 0.29) is 41.5 Å². The third-order valence-electron chi connectivity index (χ3n) is 9.07. The Balaban J connectivity index is 1.18. The summed E-state index contributed by atoms with van der Waals surface area (Å²) in [5, 5.41) is 19.7. The van der Waals surface area contributed by atoms with E-state index in [2.05, 4.69) is 26.3 Å². The van der Waals surface area contributed by atoms with Crippen molar-refractivity contribution < 1.29 is 19.1 Å². The molecule has 0 aliphatic carbocycles. The zero-order chi connectivity index (χ0) is 35.8. The van der Waals surface area contributed by atoms with Crippen molar-refractivity contribution in [2.45, 2.75) is 19.8 Å². The minimum Gasteiger partial charge on any atom is -0.493 e. The highest BCUT2D eigenvalue weighted by Gasteiger charge is 2.34. The first-order chi connectivity index (χ1) is 24.2. The molecule has 262 valence electrons. The quantitative estimate of drug-likeness (QED) is 0.166. The van der Waals surface area contributed by atoms with Gasteiger partial charge in [0.25, 0.3) is 0 Å². The SMILES string of the molecule is CCN(C(=O)[C@@H]1CCN(CC(=O)N2CC=C(c3ccc(C(=N)/N=C\NC)cc3)CC2)C1)c1ccc(N)c(C(=N)c2ccc(OC)c(OC)c2)n1. The third kappa shape index (κ3) is 8.00. The van der Waals surface area contributed by atoms with Gasteiger partial charge in [-0.25, -0.2) is 9.98 Å². The number of pyridine rings is 1. The number of carbonyl (C=O) groups is 2. The van der Waals surface area contributed by atoms with Gasteiger partial charge in [0.05, 0.1) is 44.4 Å². The summed E-state index contributed by atoms with van der Waals surface area (Å²) in [5.41, 5.74) is 10.5. The Bertz CT molecular complexity index is 1800. The Kier molecular flexibility index (Phi) is 11.6. The van der Waals surface area contributed by atoms with Crippen molar-refractivity contribution in [3.63, 3.8) is 0 Å². The highest BCUT2D eigenvalue weighted by molar-refractivity contribution is 6.13. The number of nitrogens with zero attached hydrogens (tertiary/aromatic N) is 5. The molecule has 0 bridgehead atoms. The number of carbonyl (C=O) groups excluding carboxylic acids is 2. The normalized spacial score (nSPS) is 16.2. The summed E-state index contributed by atoms with van der Waals surface area (Å²) in [4.78, 5) is 41.3. The van der Waals surface area contributed by atoms with Crippen molar-refractivity contribution in [1.29, 1.82) is 10.8 Å². The number of benzene rings is 2. The zero-order valence-electron chi connectivity index (χ0n) is 29.0. The highest BCUT2D eigenvalue weighted by Crippen LogP contribution is 2.30. The van der Waals surface area contributed by atoms with Gasteiger partial charge in [0.15, 0.2) is 17.3 Å². The van der Waals surface area contributed by atoms with Crippen molar-refractivity contribution in [2.24, 2.45) is 10.9 Å². The molecule has 2 aromatic carbocycles. The molecule has 0 spiro atoms. The summed E-state index contributed by atoms with van der Waals surface area (Å²) in [6.07, 6.45) is 4.96. The van der Waals surface area contributed by atoms with Crippen LogP contribution in [0.5, 0.6) is 11.5 Å².